The van der Waals surface area contributed by atoms with Crippen LogP contribution in [0.2, 0.25) is 0 Å². The Balaban J connectivity index is 2.12. The van der Waals surface area contributed by atoms with E-state index in [2.05, 4.69) is 5.32 Å². The van der Waals surface area contributed by atoms with E-state index in [-0.39, 0.29) is 23.9 Å². The van der Waals surface area contributed by atoms with Crippen molar-refractivity contribution in [3.63, 3.8) is 0 Å². The van der Waals surface area contributed by atoms with Crippen molar-refractivity contribution in [2.45, 2.75) is 32.7 Å². The summed E-state index contributed by atoms with van der Waals surface area (Å²) < 4.78 is 69.3. The second-order valence-electron chi connectivity index (χ2n) is 6.91. The van der Waals surface area contributed by atoms with Gasteiger partial charge in [0, 0.05) is 12.6 Å². The largest absolute Gasteiger partial charge is 0.491 e. The van der Waals surface area contributed by atoms with Crippen LogP contribution < -0.4 is 14.4 Å². The van der Waals surface area contributed by atoms with Gasteiger partial charge in [-0.25, -0.2) is 8.42 Å². The third kappa shape index (κ3) is 6.94. The van der Waals surface area contributed by atoms with E-state index in [9.17, 15) is 26.4 Å². The van der Waals surface area contributed by atoms with Crippen molar-refractivity contribution in [2.75, 3.05) is 17.1 Å². The molecule has 6 nitrogen and oxygen atoms in total. The topological polar surface area (TPSA) is 75.7 Å². The maximum atomic E-state index is 12.8. The van der Waals surface area contributed by atoms with Gasteiger partial charge in [-0.3, -0.25) is 9.10 Å². The molecule has 0 saturated heterocycles. The van der Waals surface area contributed by atoms with Crippen molar-refractivity contribution in [1.29, 1.82) is 0 Å². The number of sulfonamides is 1. The van der Waals surface area contributed by atoms with Crippen LogP contribution >= 0.6 is 0 Å². The first-order chi connectivity index (χ1) is 13.9. The molecule has 0 aromatic heterocycles. The number of carbonyl (C=O) groups excluding carboxylic acids is 1. The summed E-state index contributed by atoms with van der Waals surface area (Å²) in [4.78, 5) is 12.3. The minimum Gasteiger partial charge on any atom is -0.491 e. The molecule has 0 heterocycles. The molecule has 164 valence electrons. The summed E-state index contributed by atoms with van der Waals surface area (Å²) in [7, 11) is -3.80. The van der Waals surface area contributed by atoms with Crippen molar-refractivity contribution in [3.8, 4) is 5.75 Å². The number of amides is 1. The highest BCUT2D eigenvalue weighted by atomic mass is 32.2. The van der Waals surface area contributed by atoms with Gasteiger partial charge in [-0.05, 0) is 43.7 Å². The second kappa shape index (κ2) is 9.38. The van der Waals surface area contributed by atoms with Crippen LogP contribution in [0, 0.1) is 0 Å². The van der Waals surface area contributed by atoms with Gasteiger partial charge >= 0.3 is 6.18 Å². The molecule has 30 heavy (non-hydrogen) atoms. The van der Waals surface area contributed by atoms with Gasteiger partial charge in [0.2, 0.25) is 15.9 Å². The first-order valence-electron chi connectivity index (χ1n) is 9.03. The van der Waals surface area contributed by atoms with Crippen molar-refractivity contribution in [1.82, 2.24) is 5.32 Å². The minimum atomic E-state index is -4.49. The van der Waals surface area contributed by atoms with Crippen LogP contribution in [-0.4, -0.2) is 33.2 Å². The lowest BCUT2D eigenvalue weighted by Crippen LogP contribution is -2.40. The third-order valence-electron chi connectivity index (χ3n) is 3.91. The van der Waals surface area contributed by atoms with Gasteiger partial charge in [-0.15, -0.1) is 0 Å². The molecule has 0 atom stereocenters. The summed E-state index contributed by atoms with van der Waals surface area (Å²) in [5.74, 6) is -0.214. The van der Waals surface area contributed by atoms with Gasteiger partial charge in [0.15, 0.2) is 0 Å². The smallest absolute Gasteiger partial charge is 0.416 e. The fourth-order valence-corrected chi connectivity index (χ4v) is 3.48. The molecule has 2 aromatic rings. The third-order valence-corrected chi connectivity index (χ3v) is 5.05. The zero-order valence-electron chi connectivity index (χ0n) is 16.7. The summed E-state index contributed by atoms with van der Waals surface area (Å²) in [6, 6.07) is 10.8. The number of ether oxygens (including phenoxy) is 1. The van der Waals surface area contributed by atoms with Gasteiger partial charge in [0.1, 0.15) is 12.3 Å². The van der Waals surface area contributed by atoms with Crippen LogP contribution in [0.25, 0.3) is 0 Å². The number of anilines is 1. The van der Waals surface area contributed by atoms with Crippen molar-refractivity contribution >= 4 is 21.6 Å². The summed E-state index contributed by atoms with van der Waals surface area (Å²) in [6.07, 6.45) is -3.65. The molecule has 0 saturated carbocycles. The molecule has 0 unspecified atom stereocenters. The SMILES string of the molecule is CC(C)Oc1cccc(N(CC(=O)NCc2cccc(C(F)(F)F)c2)S(C)(=O)=O)c1. The van der Waals surface area contributed by atoms with E-state index in [1.807, 2.05) is 13.8 Å². The molecule has 1 amide bonds. The standard InChI is InChI=1S/C20H23F3N2O4S/c1-14(2)29-18-9-5-8-17(11-18)25(30(3,27)28)13-19(26)24-12-15-6-4-7-16(10-15)20(21,22)23/h4-11,14H,12-13H2,1-3H3,(H,24,26). The monoisotopic (exact) mass is 444 g/mol. The van der Waals surface area contributed by atoms with Crippen molar-refractivity contribution in [3.05, 3.63) is 59.7 Å². The lowest BCUT2D eigenvalue weighted by Gasteiger charge is -2.23. The average Bonchev–Trinajstić information content (AvgIpc) is 2.63. The maximum absolute atomic E-state index is 12.8. The number of nitrogens with one attached hydrogen (secondary N) is 1. The quantitative estimate of drug-likeness (QED) is 0.676. The van der Waals surface area contributed by atoms with Crippen LogP contribution in [0.4, 0.5) is 18.9 Å². The van der Waals surface area contributed by atoms with Gasteiger partial charge in [-0.1, -0.05) is 18.2 Å². The minimum absolute atomic E-state index is 0.123. The molecule has 0 bridgehead atoms. The van der Waals surface area contributed by atoms with Crippen molar-refractivity contribution in [2.24, 2.45) is 0 Å². The van der Waals surface area contributed by atoms with E-state index in [4.69, 9.17) is 4.74 Å². The van der Waals surface area contributed by atoms with Crippen LogP contribution in [-0.2, 0) is 27.5 Å². The summed E-state index contributed by atoms with van der Waals surface area (Å²) >= 11 is 0. The van der Waals surface area contributed by atoms with Crippen molar-refractivity contribution < 1.29 is 31.1 Å². The average molecular weight is 444 g/mol. The van der Waals surface area contributed by atoms with Gasteiger partial charge in [0.05, 0.1) is 23.6 Å². The predicted octanol–water partition coefficient (Wildman–Crippen LogP) is 3.58. The number of carbonyl (C=O) groups is 1. The number of hydrogen-bond donors (Lipinski definition) is 1. The summed E-state index contributed by atoms with van der Waals surface area (Å²) in [6.45, 7) is 2.95. The molecular formula is C20H23F3N2O4S. The van der Waals surface area contributed by atoms with Gasteiger partial charge in [-0.2, -0.15) is 13.2 Å². The zero-order valence-corrected chi connectivity index (χ0v) is 17.5. The summed E-state index contributed by atoms with van der Waals surface area (Å²) in [5.41, 5.74) is -0.338. The Morgan fingerprint density at radius 2 is 1.80 bits per heavy atom. The Kier molecular flexibility index (Phi) is 7.35. The number of hydrogen-bond acceptors (Lipinski definition) is 4. The van der Waals surface area contributed by atoms with Gasteiger partial charge in [0.25, 0.3) is 0 Å². The van der Waals surface area contributed by atoms with E-state index < -0.39 is 34.2 Å². The van der Waals surface area contributed by atoms with Gasteiger partial charge < -0.3 is 10.1 Å². The first-order valence-corrected chi connectivity index (χ1v) is 10.9. The molecule has 0 radical (unpaired) electrons. The normalized spacial score (nSPS) is 12.0. The molecule has 0 aliphatic heterocycles. The highest BCUT2D eigenvalue weighted by Crippen LogP contribution is 2.29. The maximum Gasteiger partial charge on any atom is 0.416 e. The van der Waals surface area contributed by atoms with Crippen LogP contribution in [0.3, 0.4) is 0 Å². The second-order valence-corrected chi connectivity index (χ2v) is 8.82. The molecule has 0 fully saturated rings. The Morgan fingerprint density at radius 1 is 1.13 bits per heavy atom. The number of alkyl halides is 3. The molecule has 2 aromatic carbocycles. The highest BCUT2D eigenvalue weighted by Gasteiger charge is 2.30. The Labute approximate surface area is 173 Å². The Hall–Kier alpha value is -2.75. The number of benzene rings is 2. The lowest BCUT2D eigenvalue weighted by molar-refractivity contribution is -0.137. The Morgan fingerprint density at radius 3 is 2.40 bits per heavy atom. The molecule has 10 heteroatoms. The Bertz CT molecular complexity index is 992. The van der Waals surface area contributed by atoms with E-state index in [1.54, 1.807) is 12.1 Å². The number of halogens is 3. The number of rotatable bonds is 8. The predicted molar refractivity (Wildman–Crippen MR) is 108 cm³/mol. The van der Waals surface area contributed by atoms with E-state index in [0.29, 0.717) is 5.75 Å². The molecule has 0 aliphatic carbocycles. The molecule has 0 aliphatic rings. The van der Waals surface area contributed by atoms with E-state index in [1.165, 1.54) is 24.3 Å². The fraction of sp³-hybridized carbons (Fsp3) is 0.350. The molecule has 1 N–H and O–H groups in total. The molecular weight excluding hydrogens is 421 g/mol. The first kappa shape index (κ1) is 23.5. The van der Waals surface area contributed by atoms with Crippen LogP contribution in [0.1, 0.15) is 25.0 Å². The van der Waals surface area contributed by atoms with E-state index in [0.717, 1.165) is 22.7 Å². The fourth-order valence-electron chi connectivity index (χ4n) is 2.63. The van der Waals surface area contributed by atoms with Crippen LogP contribution in [0.5, 0.6) is 5.75 Å². The molecule has 2 rings (SSSR count). The summed E-state index contributed by atoms with van der Waals surface area (Å²) in [5, 5.41) is 2.45. The number of nitrogens with zero attached hydrogens (tertiary/aromatic N) is 1. The van der Waals surface area contributed by atoms with E-state index >= 15 is 0 Å². The molecule has 0 spiro atoms. The highest BCUT2D eigenvalue weighted by molar-refractivity contribution is 7.92. The van der Waals surface area contributed by atoms with Crippen LogP contribution in [0.15, 0.2) is 48.5 Å². The lowest BCUT2D eigenvalue weighted by atomic mass is 10.1. The zero-order chi connectivity index (χ0) is 22.5.